The van der Waals surface area contributed by atoms with Crippen molar-refractivity contribution in [3.8, 4) is 0 Å². The molecule has 0 aliphatic heterocycles. The quantitative estimate of drug-likeness (QED) is 0.754. The number of anilines is 1. The van der Waals surface area contributed by atoms with Gasteiger partial charge in [-0.3, -0.25) is 5.32 Å². The second-order valence-corrected chi connectivity index (χ2v) is 4.09. The molecule has 1 heterocycles. The van der Waals surface area contributed by atoms with Crippen LogP contribution < -0.4 is 5.32 Å². The Hall–Kier alpha value is -1.72. The highest BCUT2D eigenvalue weighted by Gasteiger charge is 2.19. The maximum atomic E-state index is 13.1. The van der Waals surface area contributed by atoms with E-state index in [0.717, 1.165) is 12.3 Å². The van der Waals surface area contributed by atoms with Crippen molar-refractivity contribution in [1.82, 2.24) is 4.98 Å². The fourth-order valence-corrected chi connectivity index (χ4v) is 0.932. The first-order chi connectivity index (χ1) is 7.29. The topological polar surface area (TPSA) is 51.2 Å². The highest BCUT2D eigenvalue weighted by atomic mass is 19.1. The van der Waals surface area contributed by atoms with E-state index in [0.29, 0.717) is 0 Å². The second-order valence-electron chi connectivity index (χ2n) is 4.09. The van der Waals surface area contributed by atoms with Gasteiger partial charge in [-0.2, -0.15) is 4.39 Å². The van der Waals surface area contributed by atoms with Crippen LogP contribution in [0.25, 0.3) is 0 Å². The van der Waals surface area contributed by atoms with Crippen molar-refractivity contribution in [1.29, 1.82) is 0 Å². The largest absolute Gasteiger partial charge is 0.444 e. The number of hydrogen-bond donors (Lipinski definition) is 1. The summed E-state index contributed by atoms with van der Waals surface area (Å²) < 4.78 is 31.0. The number of halogens is 2. The number of rotatable bonds is 1. The first-order valence-electron chi connectivity index (χ1n) is 4.59. The Morgan fingerprint density at radius 1 is 1.44 bits per heavy atom. The molecule has 1 amide bonds. The predicted octanol–water partition coefficient (Wildman–Crippen LogP) is 2.71. The normalized spacial score (nSPS) is 11.1. The van der Waals surface area contributed by atoms with Crippen LogP contribution >= 0.6 is 0 Å². The Morgan fingerprint density at radius 2 is 2.06 bits per heavy atom. The lowest BCUT2D eigenvalue weighted by Crippen LogP contribution is -2.27. The number of ether oxygens (including phenoxy) is 1. The highest BCUT2D eigenvalue weighted by molar-refractivity contribution is 5.84. The van der Waals surface area contributed by atoms with Crippen LogP contribution in [0.5, 0.6) is 0 Å². The average Bonchev–Trinajstić information content (AvgIpc) is 2.08. The molecule has 1 N–H and O–H groups in total. The smallest absolute Gasteiger partial charge is 0.412 e. The Morgan fingerprint density at radius 3 is 2.56 bits per heavy atom. The minimum atomic E-state index is -1.09. The third-order valence-corrected chi connectivity index (χ3v) is 1.48. The fourth-order valence-electron chi connectivity index (χ4n) is 0.932. The van der Waals surface area contributed by atoms with Crippen LogP contribution in [0.1, 0.15) is 20.8 Å². The summed E-state index contributed by atoms with van der Waals surface area (Å²) in [6.45, 7) is 4.92. The zero-order valence-electron chi connectivity index (χ0n) is 9.17. The van der Waals surface area contributed by atoms with Crippen LogP contribution in [0, 0.1) is 11.8 Å². The first-order valence-corrected chi connectivity index (χ1v) is 4.59. The molecule has 0 aromatic carbocycles. The van der Waals surface area contributed by atoms with E-state index in [9.17, 15) is 13.6 Å². The molecule has 0 atom stereocenters. The standard InChI is InChI=1S/C10H12F2N2O2/c1-10(2,3)16-9(15)14-7-6(11)4-5-13-8(7)12/h4-5H,1-3H3,(H,14,15). The summed E-state index contributed by atoms with van der Waals surface area (Å²) in [4.78, 5) is 14.5. The van der Waals surface area contributed by atoms with Gasteiger partial charge in [-0.05, 0) is 26.8 Å². The van der Waals surface area contributed by atoms with Crippen LogP contribution in [0.4, 0.5) is 19.3 Å². The summed E-state index contributed by atoms with van der Waals surface area (Å²) in [5.74, 6) is -2.00. The molecule has 0 unspecified atom stereocenters. The maximum Gasteiger partial charge on any atom is 0.412 e. The van der Waals surface area contributed by atoms with E-state index in [1.54, 1.807) is 20.8 Å². The van der Waals surface area contributed by atoms with Gasteiger partial charge in [0, 0.05) is 6.20 Å². The molecule has 4 nitrogen and oxygen atoms in total. The maximum absolute atomic E-state index is 13.1. The van der Waals surface area contributed by atoms with Gasteiger partial charge in [-0.1, -0.05) is 0 Å². The minimum Gasteiger partial charge on any atom is -0.444 e. The van der Waals surface area contributed by atoms with Crippen LogP contribution in [0.15, 0.2) is 12.3 Å². The molecule has 1 rings (SSSR count). The van der Waals surface area contributed by atoms with Crippen molar-refractivity contribution < 1.29 is 18.3 Å². The summed E-state index contributed by atoms with van der Waals surface area (Å²) in [6.07, 6.45) is 0.0311. The Balaban J connectivity index is 2.78. The number of amides is 1. The number of carbonyl (C=O) groups excluding carboxylic acids is 1. The summed E-state index contributed by atoms with van der Waals surface area (Å²) in [7, 11) is 0. The SMILES string of the molecule is CC(C)(C)OC(=O)Nc1c(F)ccnc1F. The van der Waals surface area contributed by atoms with E-state index in [-0.39, 0.29) is 0 Å². The molecule has 0 aliphatic carbocycles. The fraction of sp³-hybridized carbons (Fsp3) is 0.400. The molecule has 0 saturated heterocycles. The molecular weight excluding hydrogens is 218 g/mol. The highest BCUT2D eigenvalue weighted by Crippen LogP contribution is 2.17. The van der Waals surface area contributed by atoms with Gasteiger partial charge in [0.15, 0.2) is 5.82 Å². The van der Waals surface area contributed by atoms with Gasteiger partial charge in [0.2, 0.25) is 5.95 Å². The second kappa shape index (κ2) is 4.42. The van der Waals surface area contributed by atoms with Crippen LogP contribution in [0.3, 0.4) is 0 Å². The molecule has 1 aromatic rings. The Kier molecular flexibility index (Phi) is 3.41. The van der Waals surface area contributed by atoms with E-state index in [1.165, 1.54) is 0 Å². The van der Waals surface area contributed by atoms with Crippen molar-refractivity contribution in [2.45, 2.75) is 26.4 Å². The third kappa shape index (κ3) is 3.45. The third-order valence-electron chi connectivity index (χ3n) is 1.48. The molecule has 0 radical (unpaired) electrons. The zero-order valence-corrected chi connectivity index (χ0v) is 9.17. The average molecular weight is 230 g/mol. The van der Waals surface area contributed by atoms with E-state index in [2.05, 4.69) is 4.98 Å². The van der Waals surface area contributed by atoms with Gasteiger partial charge >= 0.3 is 6.09 Å². The van der Waals surface area contributed by atoms with Crippen LogP contribution in [-0.4, -0.2) is 16.7 Å². The molecule has 16 heavy (non-hydrogen) atoms. The lowest BCUT2D eigenvalue weighted by Gasteiger charge is -2.19. The van der Waals surface area contributed by atoms with Gasteiger partial charge in [-0.25, -0.2) is 14.2 Å². The zero-order chi connectivity index (χ0) is 12.3. The Bertz CT molecular complexity index is 382. The van der Waals surface area contributed by atoms with E-state index in [1.807, 2.05) is 5.32 Å². The van der Waals surface area contributed by atoms with E-state index < -0.39 is 29.1 Å². The summed E-state index contributed by atoms with van der Waals surface area (Å²) >= 11 is 0. The summed E-state index contributed by atoms with van der Waals surface area (Å²) in [5.41, 5.74) is -1.35. The van der Waals surface area contributed by atoms with Crippen molar-refractivity contribution in [2.75, 3.05) is 5.32 Å². The number of carbonyl (C=O) groups is 1. The van der Waals surface area contributed by atoms with Gasteiger partial charge in [0.1, 0.15) is 11.3 Å². The first kappa shape index (κ1) is 12.4. The number of pyridine rings is 1. The van der Waals surface area contributed by atoms with E-state index in [4.69, 9.17) is 4.74 Å². The van der Waals surface area contributed by atoms with Crippen molar-refractivity contribution in [3.05, 3.63) is 24.0 Å². The van der Waals surface area contributed by atoms with Crippen LogP contribution in [0.2, 0.25) is 0 Å². The summed E-state index contributed by atoms with van der Waals surface area (Å²) in [5, 5.41) is 1.96. The van der Waals surface area contributed by atoms with Crippen molar-refractivity contribution >= 4 is 11.8 Å². The molecule has 0 spiro atoms. The molecule has 6 heteroatoms. The number of aromatic nitrogens is 1. The van der Waals surface area contributed by atoms with Crippen LogP contribution in [-0.2, 0) is 4.74 Å². The lowest BCUT2D eigenvalue weighted by atomic mass is 10.2. The molecule has 0 saturated carbocycles. The molecule has 88 valence electrons. The van der Waals surface area contributed by atoms with Gasteiger partial charge in [-0.15, -0.1) is 0 Å². The van der Waals surface area contributed by atoms with Gasteiger partial charge in [0.25, 0.3) is 0 Å². The molecule has 1 aromatic heterocycles. The lowest BCUT2D eigenvalue weighted by molar-refractivity contribution is 0.0634. The van der Waals surface area contributed by atoms with Gasteiger partial charge in [0.05, 0.1) is 0 Å². The van der Waals surface area contributed by atoms with Gasteiger partial charge < -0.3 is 4.74 Å². The van der Waals surface area contributed by atoms with Crippen molar-refractivity contribution in [3.63, 3.8) is 0 Å². The summed E-state index contributed by atoms with van der Waals surface area (Å²) in [6, 6.07) is 0.940. The molecular formula is C10H12F2N2O2. The number of hydrogen-bond acceptors (Lipinski definition) is 3. The molecule has 0 bridgehead atoms. The Labute approximate surface area is 91.6 Å². The number of nitrogens with one attached hydrogen (secondary N) is 1. The molecule has 0 fully saturated rings. The predicted molar refractivity (Wildman–Crippen MR) is 54.0 cm³/mol. The van der Waals surface area contributed by atoms with Crippen molar-refractivity contribution in [2.24, 2.45) is 0 Å². The number of nitrogens with zero attached hydrogens (tertiary/aromatic N) is 1. The van der Waals surface area contributed by atoms with E-state index >= 15 is 0 Å². The minimum absolute atomic E-state index is 0.614. The molecule has 0 aliphatic rings. The monoisotopic (exact) mass is 230 g/mol.